The molecule has 1 aromatic carbocycles. The van der Waals surface area contributed by atoms with Crippen LogP contribution in [0.3, 0.4) is 0 Å². The van der Waals surface area contributed by atoms with Crippen LogP contribution in [0.15, 0.2) is 24.3 Å². The molecular formula is C15H22F3NS. The van der Waals surface area contributed by atoms with Crippen LogP contribution in [-0.4, -0.2) is 23.6 Å². The summed E-state index contributed by atoms with van der Waals surface area (Å²) < 4.78 is 38.1. The topological polar surface area (TPSA) is 12.0 Å². The van der Waals surface area contributed by atoms with Crippen molar-refractivity contribution in [1.29, 1.82) is 0 Å². The molecule has 0 spiro atoms. The lowest BCUT2D eigenvalue weighted by Gasteiger charge is -2.19. The molecule has 0 saturated heterocycles. The Bertz CT molecular complexity index is 404. The number of likely N-dealkylation sites (N-methyl/N-ethyl adjacent to an activating group) is 1. The van der Waals surface area contributed by atoms with E-state index >= 15 is 0 Å². The van der Waals surface area contributed by atoms with Crippen LogP contribution in [0.2, 0.25) is 0 Å². The third-order valence-electron chi connectivity index (χ3n) is 2.86. The van der Waals surface area contributed by atoms with Crippen molar-refractivity contribution < 1.29 is 13.2 Å². The summed E-state index contributed by atoms with van der Waals surface area (Å²) in [6.07, 6.45) is -3.64. The smallest absolute Gasteiger partial charge is 0.313 e. The second kappa shape index (κ2) is 7.93. The van der Waals surface area contributed by atoms with Gasteiger partial charge in [-0.15, -0.1) is 0 Å². The molecule has 0 fully saturated rings. The number of alkyl halides is 3. The van der Waals surface area contributed by atoms with Crippen molar-refractivity contribution in [2.75, 3.05) is 12.3 Å². The average molecular weight is 305 g/mol. The zero-order valence-corrected chi connectivity index (χ0v) is 12.9. The van der Waals surface area contributed by atoms with Crippen molar-refractivity contribution in [1.82, 2.24) is 5.32 Å². The van der Waals surface area contributed by atoms with Crippen molar-refractivity contribution in [3.05, 3.63) is 35.4 Å². The van der Waals surface area contributed by atoms with Crippen molar-refractivity contribution in [2.45, 2.75) is 44.7 Å². The second-order valence-electron chi connectivity index (χ2n) is 5.04. The lowest BCUT2D eigenvalue weighted by molar-refractivity contribution is -0.137. The van der Waals surface area contributed by atoms with Crippen LogP contribution < -0.4 is 5.32 Å². The second-order valence-corrected chi connectivity index (χ2v) is 6.65. The Kier molecular flexibility index (Phi) is 6.89. The number of benzene rings is 1. The molecule has 0 heterocycles. The molecule has 1 unspecified atom stereocenters. The Labute approximate surface area is 123 Å². The monoisotopic (exact) mass is 305 g/mol. The van der Waals surface area contributed by atoms with Crippen LogP contribution >= 0.6 is 11.8 Å². The van der Waals surface area contributed by atoms with Gasteiger partial charge in [0.2, 0.25) is 0 Å². The first-order valence-electron chi connectivity index (χ1n) is 6.84. The third-order valence-corrected chi connectivity index (χ3v) is 4.12. The third kappa shape index (κ3) is 6.18. The number of thioether (sulfide) groups is 1. The maximum atomic E-state index is 12.7. The molecule has 0 amide bonds. The van der Waals surface area contributed by atoms with Gasteiger partial charge in [-0.25, -0.2) is 0 Å². The maximum absolute atomic E-state index is 12.7. The Morgan fingerprint density at radius 3 is 2.50 bits per heavy atom. The predicted molar refractivity (Wildman–Crippen MR) is 80.2 cm³/mol. The van der Waals surface area contributed by atoms with E-state index in [1.165, 1.54) is 12.1 Å². The van der Waals surface area contributed by atoms with Gasteiger partial charge in [0.1, 0.15) is 0 Å². The largest absolute Gasteiger partial charge is 0.416 e. The van der Waals surface area contributed by atoms with Crippen LogP contribution in [0, 0.1) is 0 Å². The molecule has 1 atom stereocenters. The molecule has 1 rings (SSSR count). The highest BCUT2D eigenvalue weighted by Crippen LogP contribution is 2.29. The minimum atomic E-state index is -4.27. The van der Waals surface area contributed by atoms with Gasteiger partial charge in [-0.05, 0) is 29.8 Å². The van der Waals surface area contributed by atoms with Gasteiger partial charge in [0, 0.05) is 11.8 Å². The average Bonchev–Trinajstić information content (AvgIpc) is 2.35. The van der Waals surface area contributed by atoms with E-state index in [0.29, 0.717) is 11.7 Å². The quantitative estimate of drug-likeness (QED) is 0.803. The fraction of sp³-hybridized carbons (Fsp3) is 0.600. The number of nitrogens with one attached hydrogen (secondary N) is 1. The van der Waals surface area contributed by atoms with Crippen molar-refractivity contribution >= 4 is 11.8 Å². The zero-order valence-electron chi connectivity index (χ0n) is 12.1. The highest BCUT2D eigenvalue weighted by atomic mass is 32.2. The molecule has 0 aliphatic carbocycles. The number of hydrogen-bond donors (Lipinski definition) is 1. The summed E-state index contributed by atoms with van der Waals surface area (Å²) >= 11 is 1.82. The maximum Gasteiger partial charge on any atom is 0.416 e. The van der Waals surface area contributed by atoms with Gasteiger partial charge in [0.25, 0.3) is 0 Å². The molecule has 0 saturated carbocycles. The van der Waals surface area contributed by atoms with Crippen molar-refractivity contribution in [3.8, 4) is 0 Å². The van der Waals surface area contributed by atoms with Gasteiger partial charge in [0.05, 0.1) is 5.56 Å². The molecule has 1 aromatic rings. The van der Waals surface area contributed by atoms with Crippen LogP contribution in [0.5, 0.6) is 0 Å². The standard InChI is InChI=1S/C15H22F3NS/c1-4-19-14(10-20-11(2)3)9-12-6-5-7-13(8-12)15(16,17)18/h5-8,11,14,19H,4,9-10H2,1-3H3. The molecule has 0 bridgehead atoms. The van der Waals surface area contributed by atoms with Gasteiger partial charge >= 0.3 is 6.18 Å². The number of rotatable bonds is 7. The SMILES string of the molecule is CCNC(CSC(C)C)Cc1cccc(C(F)(F)F)c1. The Balaban J connectivity index is 2.72. The van der Waals surface area contributed by atoms with Crippen LogP contribution in [-0.2, 0) is 12.6 Å². The summed E-state index contributed by atoms with van der Waals surface area (Å²) in [5, 5.41) is 3.87. The summed E-state index contributed by atoms with van der Waals surface area (Å²) in [7, 11) is 0. The predicted octanol–water partition coefficient (Wildman–Crippen LogP) is 4.37. The Hall–Kier alpha value is -0.680. The fourth-order valence-corrected chi connectivity index (χ4v) is 2.80. The summed E-state index contributed by atoms with van der Waals surface area (Å²) in [5.41, 5.74) is 0.164. The molecule has 0 aliphatic heterocycles. The normalized spacial score (nSPS) is 13.8. The molecule has 5 heteroatoms. The number of halogens is 3. The van der Waals surface area contributed by atoms with Gasteiger partial charge < -0.3 is 5.32 Å². The van der Waals surface area contributed by atoms with Gasteiger partial charge in [0.15, 0.2) is 0 Å². The molecule has 114 valence electrons. The lowest BCUT2D eigenvalue weighted by Crippen LogP contribution is -2.33. The van der Waals surface area contributed by atoms with E-state index in [0.717, 1.165) is 23.9 Å². The number of hydrogen-bond acceptors (Lipinski definition) is 2. The highest BCUT2D eigenvalue weighted by Gasteiger charge is 2.30. The van der Waals surface area contributed by atoms with Crippen molar-refractivity contribution in [2.24, 2.45) is 0 Å². The lowest BCUT2D eigenvalue weighted by atomic mass is 10.0. The van der Waals surface area contributed by atoms with Gasteiger partial charge in [-0.1, -0.05) is 39.0 Å². The molecule has 1 nitrogen and oxygen atoms in total. The van der Waals surface area contributed by atoms with E-state index in [1.807, 2.05) is 18.7 Å². The molecule has 1 N–H and O–H groups in total. The van der Waals surface area contributed by atoms with Crippen LogP contribution in [0.4, 0.5) is 13.2 Å². The fourth-order valence-electron chi connectivity index (χ4n) is 1.95. The summed E-state index contributed by atoms with van der Waals surface area (Å²) in [4.78, 5) is 0. The first-order chi connectivity index (χ1) is 9.32. The van der Waals surface area contributed by atoms with Crippen LogP contribution in [0.25, 0.3) is 0 Å². The molecular weight excluding hydrogens is 283 g/mol. The van der Waals surface area contributed by atoms with E-state index < -0.39 is 11.7 Å². The summed E-state index contributed by atoms with van der Waals surface area (Å²) in [5.74, 6) is 0.905. The van der Waals surface area contributed by atoms with E-state index in [-0.39, 0.29) is 6.04 Å². The molecule has 0 aliphatic rings. The van der Waals surface area contributed by atoms with Gasteiger partial charge in [-0.2, -0.15) is 24.9 Å². The Morgan fingerprint density at radius 1 is 1.25 bits per heavy atom. The first-order valence-corrected chi connectivity index (χ1v) is 7.89. The minimum Gasteiger partial charge on any atom is -0.313 e. The van der Waals surface area contributed by atoms with E-state index in [4.69, 9.17) is 0 Å². The van der Waals surface area contributed by atoms with Crippen molar-refractivity contribution in [3.63, 3.8) is 0 Å². The first kappa shape index (κ1) is 17.4. The highest BCUT2D eigenvalue weighted by molar-refractivity contribution is 7.99. The van der Waals surface area contributed by atoms with E-state index in [2.05, 4.69) is 19.2 Å². The van der Waals surface area contributed by atoms with Gasteiger partial charge in [-0.3, -0.25) is 0 Å². The summed E-state index contributed by atoms with van der Waals surface area (Å²) in [6.45, 7) is 7.08. The zero-order chi connectivity index (χ0) is 15.2. The summed E-state index contributed by atoms with van der Waals surface area (Å²) in [6, 6.07) is 5.82. The minimum absolute atomic E-state index is 0.205. The van der Waals surface area contributed by atoms with E-state index in [1.54, 1.807) is 6.07 Å². The van der Waals surface area contributed by atoms with Crippen LogP contribution in [0.1, 0.15) is 31.9 Å². The molecule has 20 heavy (non-hydrogen) atoms. The van der Waals surface area contributed by atoms with E-state index in [9.17, 15) is 13.2 Å². The molecule has 0 radical (unpaired) electrons. The Morgan fingerprint density at radius 2 is 1.95 bits per heavy atom. The molecule has 0 aromatic heterocycles.